The van der Waals surface area contributed by atoms with Crippen LogP contribution in [-0.4, -0.2) is 188 Å². The number of hydrogen-bond acceptors (Lipinski definition) is 35. The van der Waals surface area contributed by atoms with Crippen LogP contribution in [-0.2, 0) is 61.9 Å². The quantitative estimate of drug-likeness (QED) is 0.0491. The fourth-order valence-corrected chi connectivity index (χ4v) is 11.9. The molecule has 3 fully saturated rings. The summed E-state index contributed by atoms with van der Waals surface area (Å²) in [5.74, 6) is -8.59. The average molecular weight is 1510 g/mol. The molecule has 15 unspecified atom stereocenters. The Hall–Kier alpha value is -12.4. The van der Waals surface area contributed by atoms with Crippen molar-refractivity contribution in [1.29, 1.82) is 0 Å². The van der Waals surface area contributed by atoms with Crippen LogP contribution in [0.4, 0.5) is 0 Å². The molecule has 6 heterocycles. The Labute approximate surface area is 606 Å². The Balaban J connectivity index is 0.000000173. The lowest BCUT2D eigenvalue weighted by Crippen LogP contribution is -2.61. The maximum atomic E-state index is 13.5. The van der Waals surface area contributed by atoms with Gasteiger partial charge in [0, 0.05) is 87.7 Å². The summed E-state index contributed by atoms with van der Waals surface area (Å²) in [5.41, 5.74) is -2.23. The summed E-state index contributed by atoms with van der Waals surface area (Å²) >= 11 is 0. The van der Waals surface area contributed by atoms with E-state index in [1.54, 1.807) is 0 Å². The highest BCUT2D eigenvalue weighted by atomic mass is 16.7. The third kappa shape index (κ3) is 17.0. The second-order valence-electron chi connectivity index (χ2n) is 24.7. The first-order chi connectivity index (χ1) is 51.0. The maximum Gasteiger partial charge on any atom is 0.303 e. The van der Waals surface area contributed by atoms with E-state index in [2.05, 4.69) is 0 Å². The van der Waals surface area contributed by atoms with E-state index in [0.29, 0.717) is 0 Å². The molecule has 0 aliphatic carbocycles. The van der Waals surface area contributed by atoms with Gasteiger partial charge < -0.3 is 132 Å². The van der Waals surface area contributed by atoms with E-state index < -0.39 is 173 Å². The van der Waals surface area contributed by atoms with Gasteiger partial charge in [-0.05, 0) is 93.6 Å². The van der Waals surface area contributed by atoms with Crippen LogP contribution in [0.25, 0.3) is 66.9 Å². The highest BCUT2D eigenvalue weighted by Crippen LogP contribution is 2.43. The Morgan fingerprint density at radius 2 is 0.583 bits per heavy atom. The number of phenolic OH excluding ortho intramolecular Hbond substituents is 9. The zero-order valence-corrected chi connectivity index (χ0v) is 57.8. The molecule has 35 nitrogen and oxygen atoms in total. The minimum absolute atomic E-state index is 0.0517. The standard InChI is InChI=1S/2C25H24O12.C23H22O11/c1-10-21(34-11(2)26)24(35-12(3)27)20(32)25(33-10)37-23-19(31)18-16(30)8-15(29)9-17(18)36-22(23)13-4-6-14(28)7-5-13;1-10-21(34-11(2)26)20(32)24(35-12(3)27)25(33-10)37-23-19(31)18-16(30)8-15(29)9-17(18)36-22(23)13-4-6-14(28)7-5-13;1-9-20(32-10(2)24)18(29)19(30)23(31-9)34-22-17(28)16-14(27)7-13(26)8-15(16)33-21(22)11-3-5-12(25)6-4-11/h2*4-10,20-21,24-25,28-30,32H,1-3H3;3-9,18-20,23,25-27,29-30H,1-2H3. The predicted octanol–water partition coefficient (Wildman–Crippen LogP) is 5.20. The molecule has 12 rings (SSSR count). The lowest BCUT2D eigenvalue weighted by atomic mass is 9.99. The third-order valence-electron chi connectivity index (χ3n) is 16.6. The number of phenols is 9. The molecule has 9 aromatic rings. The number of rotatable bonds is 14. The van der Waals surface area contributed by atoms with Gasteiger partial charge in [-0.3, -0.25) is 38.4 Å². The Kier molecular flexibility index (Phi) is 23.3. The first kappa shape index (κ1) is 78.2. The highest BCUT2D eigenvalue weighted by Gasteiger charge is 2.52. The van der Waals surface area contributed by atoms with Gasteiger partial charge in [0.1, 0.15) is 103 Å². The van der Waals surface area contributed by atoms with Crippen molar-refractivity contribution < 1.29 is 156 Å². The van der Waals surface area contributed by atoms with Crippen LogP contribution in [0.15, 0.2) is 137 Å². The van der Waals surface area contributed by atoms with Crippen LogP contribution in [0.2, 0.25) is 0 Å². The molecule has 572 valence electrons. The molecule has 108 heavy (non-hydrogen) atoms. The number of aliphatic hydroxyl groups is 4. The van der Waals surface area contributed by atoms with Crippen molar-refractivity contribution in [3.05, 3.63) is 140 Å². The van der Waals surface area contributed by atoms with E-state index in [9.17, 15) is 105 Å². The van der Waals surface area contributed by atoms with Crippen molar-refractivity contribution >= 4 is 62.8 Å². The van der Waals surface area contributed by atoms with Crippen molar-refractivity contribution in [3.8, 4) is 103 Å². The predicted molar refractivity (Wildman–Crippen MR) is 365 cm³/mol. The van der Waals surface area contributed by atoms with Gasteiger partial charge in [0.25, 0.3) is 0 Å². The smallest absolute Gasteiger partial charge is 0.303 e. The molecule has 0 saturated carbocycles. The van der Waals surface area contributed by atoms with Gasteiger partial charge in [-0.2, -0.15) is 0 Å². The third-order valence-corrected chi connectivity index (χ3v) is 16.6. The second-order valence-corrected chi connectivity index (χ2v) is 24.7. The van der Waals surface area contributed by atoms with Crippen molar-refractivity contribution in [1.82, 2.24) is 0 Å². The van der Waals surface area contributed by atoms with Crippen LogP contribution >= 0.6 is 0 Å². The first-order valence-corrected chi connectivity index (χ1v) is 32.5. The fraction of sp³-hybridized carbons (Fsp3) is 0.315. The summed E-state index contributed by atoms with van der Waals surface area (Å²) in [6.07, 6.45) is -20.7. The van der Waals surface area contributed by atoms with Gasteiger partial charge in [0.05, 0.1) is 18.3 Å². The monoisotopic (exact) mass is 1510 g/mol. The van der Waals surface area contributed by atoms with E-state index >= 15 is 0 Å². The topological polar surface area (TPSA) is 541 Å². The van der Waals surface area contributed by atoms with Gasteiger partial charge in [-0.15, -0.1) is 0 Å². The number of carbonyl (C=O) groups excluding carboxylic acids is 5. The van der Waals surface area contributed by atoms with Gasteiger partial charge >= 0.3 is 29.8 Å². The number of aliphatic hydroxyl groups excluding tert-OH is 4. The average Bonchev–Trinajstić information content (AvgIpc) is 0.764. The zero-order chi connectivity index (χ0) is 78.8. The van der Waals surface area contributed by atoms with E-state index in [1.807, 2.05) is 0 Å². The molecule has 3 aliphatic rings. The molecule has 15 atom stereocenters. The minimum Gasteiger partial charge on any atom is -0.508 e. The van der Waals surface area contributed by atoms with Gasteiger partial charge in [0.2, 0.25) is 52.4 Å². The van der Waals surface area contributed by atoms with E-state index in [-0.39, 0.29) is 101 Å². The summed E-state index contributed by atoms with van der Waals surface area (Å²) in [4.78, 5) is 98.2. The first-order valence-electron chi connectivity index (χ1n) is 32.5. The molecular weight excluding hydrogens is 1440 g/mol. The number of aromatic hydroxyl groups is 9. The minimum atomic E-state index is -1.73. The summed E-state index contributed by atoms with van der Waals surface area (Å²) < 4.78 is 77.5. The van der Waals surface area contributed by atoms with Crippen LogP contribution in [0.3, 0.4) is 0 Å². The van der Waals surface area contributed by atoms with Gasteiger partial charge in [-0.25, -0.2) is 0 Å². The van der Waals surface area contributed by atoms with Crippen molar-refractivity contribution in [2.45, 2.75) is 148 Å². The molecule has 3 aromatic heterocycles. The van der Waals surface area contributed by atoms with Crippen LogP contribution in [0.5, 0.6) is 69.0 Å². The zero-order valence-electron chi connectivity index (χ0n) is 57.8. The summed E-state index contributed by atoms with van der Waals surface area (Å²) in [6.45, 7) is 10.1. The number of carbonyl (C=O) groups is 5. The van der Waals surface area contributed by atoms with Crippen molar-refractivity contribution in [3.63, 3.8) is 0 Å². The molecule has 0 bridgehead atoms. The number of ether oxygens (including phenoxy) is 11. The summed E-state index contributed by atoms with van der Waals surface area (Å²) in [6, 6.07) is 22.8. The van der Waals surface area contributed by atoms with Crippen LogP contribution in [0.1, 0.15) is 55.4 Å². The van der Waals surface area contributed by atoms with Crippen molar-refractivity contribution in [2.75, 3.05) is 0 Å². The number of esters is 5. The Morgan fingerprint density at radius 1 is 0.315 bits per heavy atom. The molecular formula is C73H70O35. The second kappa shape index (κ2) is 32.1. The number of fused-ring (bicyclic) bond motifs is 3. The van der Waals surface area contributed by atoms with Gasteiger partial charge in [0.15, 0.2) is 53.9 Å². The highest BCUT2D eigenvalue weighted by molar-refractivity contribution is 5.91. The molecule has 13 N–H and O–H groups in total. The molecule has 6 aromatic carbocycles. The van der Waals surface area contributed by atoms with Crippen LogP contribution in [0, 0.1) is 0 Å². The molecule has 3 saturated heterocycles. The number of hydrogen-bond donors (Lipinski definition) is 13. The van der Waals surface area contributed by atoms with Crippen molar-refractivity contribution in [2.24, 2.45) is 0 Å². The van der Waals surface area contributed by atoms with E-state index in [1.165, 1.54) is 93.6 Å². The van der Waals surface area contributed by atoms with Gasteiger partial charge in [-0.1, -0.05) is 0 Å². The Bertz CT molecular complexity index is 5070. The largest absolute Gasteiger partial charge is 0.508 e. The normalized spacial score (nSPS) is 23.8. The van der Waals surface area contributed by atoms with Crippen LogP contribution < -0.4 is 30.5 Å². The maximum absolute atomic E-state index is 13.5. The molecule has 35 heteroatoms. The van der Waals surface area contributed by atoms with E-state index in [4.69, 9.17) is 65.4 Å². The van der Waals surface area contributed by atoms with E-state index in [0.717, 1.165) is 71.0 Å². The summed E-state index contributed by atoms with van der Waals surface area (Å²) in [7, 11) is 0. The fourth-order valence-electron chi connectivity index (χ4n) is 11.9. The molecule has 0 radical (unpaired) electrons. The molecule has 3 aliphatic heterocycles. The molecule has 0 spiro atoms. The lowest BCUT2D eigenvalue weighted by Gasteiger charge is -2.41. The number of benzene rings is 6. The Morgan fingerprint density at radius 3 is 0.917 bits per heavy atom. The lowest BCUT2D eigenvalue weighted by molar-refractivity contribution is -0.277. The summed E-state index contributed by atoms with van der Waals surface area (Å²) in [5, 5.41) is 131. The SMILES string of the molecule is CC(=O)OC1C(C)OC(Oc2c(-c3ccc(O)cc3)oc3cc(O)cc(O)c3c2=O)C(O)C1O.CC(=O)OC1C(C)OC(Oc2c(-c3ccc(O)cc3)oc3cc(O)cc(O)c3c2=O)C(O)C1OC(C)=O.CC(=O)OC1C(C)OC(Oc2c(-c3ccc(O)cc3)oc3cc(O)cc(O)c3c2=O)C(OC(C)=O)C1O. The molecule has 0 amide bonds.